The number of carbonyl (C=O) groups excluding carboxylic acids is 1. The number of thiocarbonyl (C=S) groups is 1. The number of anilines is 2. The molecule has 0 atom stereocenters. The Balaban J connectivity index is 1.33. The summed E-state index contributed by atoms with van der Waals surface area (Å²) in [4.78, 5) is 12.7. The number of carbonyl (C=O) groups is 1. The van der Waals surface area contributed by atoms with E-state index in [1.807, 2.05) is 24.3 Å². The summed E-state index contributed by atoms with van der Waals surface area (Å²) in [7, 11) is -3.67. The fraction of sp³-hybridized carbons (Fsp3) is 0.259. The lowest BCUT2D eigenvalue weighted by Crippen LogP contribution is -2.34. The van der Waals surface area contributed by atoms with Crippen molar-refractivity contribution in [2.24, 2.45) is 5.92 Å². The van der Waals surface area contributed by atoms with E-state index < -0.39 is 10.0 Å². The maximum absolute atomic E-state index is 13.2. The number of nitrogens with zero attached hydrogens (tertiary/aromatic N) is 1. The third-order valence-electron chi connectivity index (χ3n) is 5.85. The van der Waals surface area contributed by atoms with Crippen molar-refractivity contribution in [2.45, 2.75) is 31.6 Å². The Hall–Kier alpha value is -3.43. The van der Waals surface area contributed by atoms with Gasteiger partial charge in [0.1, 0.15) is 5.75 Å². The zero-order chi connectivity index (χ0) is 25.7. The summed E-state index contributed by atoms with van der Waals surface area (Å²) in [6.45, 7) is 5.32. The lowest BCUT2D eigenvalue weighted by molar-refractivity contribution is 0.0977. The van der Waals surface area contributed by atoms with E-state index in [2.05, 4.69) is 24.5 Å². The van der Waals surface area contributed by atoms with Gasteiger partial charge >= 0.3 is 0 Å². The van der Waals surface area contributed by atoms with Gasteiger partial charge in [-0.1, -0.05) is 32.0 Å². The Morgan fingerprint density at radius 2 is 1.72 bits per heavy atom. The molecule has 0 spiro atoms. The van der Waals surface area contributed by atoms with Gasteiger partial charge in [0.05, 0.1) is 17.2 Å². The highest BCUT2D eigenvalue weighted by Crippen LogP contribution is 2.32. The van der Waals surface area contributed by atoms with E-state index >= 15 is 0 Å². The van der Waals surface area contributed by atoms with Crippen LogP contribution in [0.25, 0.3) is 0 Å². The van der Waals surface area contributed by atoms with Crippen LogP contribution in [0.3, 0.4) is 0 Å². The molecule has 0 bridgehead atoms. The predicted octanol–water partition coefficient (Wildman–Crippen LogP) is 4.99. The normalized spacial score (nSPS) is 12.8. The zero-order valence-electron chi connectivity index (χ0n) is 20.2. The SMILES string of the molecule is CC(C)CCOc1ccc(C(=O)NC(=S)Nc2ccc(S(=O)(=O)N3CCc4ccccc43)cc2)cc1. The molecule has 3 aromatic carbocycles. The zero-order valence-corrected chi connectivity index (χ0v) is 21.9. The molecule has 188 valence electrons. The third-order valence-corrected chi connectivity index (χ3v) is 7.88. The van der Waals surface area contributed by atoms with Gasteiger partial charge < -0.3 is 10.1 Å². The molecule has 0 radical (unpaired) electrons. The van der Waals surface area contributed by atoms with Crippen molar-refractivity contribution in [2.75, 3.05) is 22.8 Å². The van der Waals surface area contributed by atoms with Crippen molar-refractivity contribution in [1.29, 1.82) is 0 Å². The molecule has 1 aliphatic heterocycles. The summed E-state index contributed by atoms with van der Waals surface area (Å²) < 4.78 is 33.4. The largest absolute Gasteiger partial charge is 0.494 e. The molecule has 0 aromatic heterocycles. The molecule has 0 saturated carbocycles. The molecule has 0 saturated heterocycles. The summed E-state index contributed by atoms with van der Waals surface area (Å²) in [5.74, 6) is 0.917. The molecule has 4 rings (SSSR count). The molecule has 1 aliphatic rings. The molecule has 0 fully saturated rings. The van der Waals surface area contributed by atoms with Crippen molar-refractivity contribution in [3.8, 4) is 5.75 Å². The second-order valence-corrected chi connectivity index (χ2v) is 11.2. The lowest BCUT2D eigenvalue weighted by atomic mass is 10.1. The van der Waals surface area contributed by atoms with Crippen LogP contribution in [0.15, 0.2) is 77.7 Å². The van der Waals surface area contributed by atoms with Gasteiger partial charge in [-0.2, -0.15) is 0 Å². The molecule has 36 heavy (non-hydrogen) atoms. The van der Waals surface area contributed by atoms with Crippen LogP contribution >= 0.6 is 12.2 Å². The number of hydrogen-bond donors (Lipinski definition) is 2. The van der Waals surface area contributed by atoms with Crippen molar-refractivity contribution < 1.29 is 17.9 Å². The number of benzene rings is 3. The van der Waals surface area contributed by atoms with Gasteiger partial charge in [0.2, 0.25) is 0 Å². The average molecular weight is 524 g/mol. The van der Waals surface area contributed by atoms with Gasteiger partial charge in [0, 0.05) is 17.8 Å². The van der Waals surface area contributed by atoms with Crippen molar-refractivity contribution >= 4 is 44.6 Å². The minimum absolute atomic E-state index is 0.112. The third kappa shape index (κ3) is 6.03. The van der Waals surface area contributed by atoms with E-state index in [4.69, 9.17) is 17.0 Å². The monoisotopic (exact) mass is 523 g/mol. The Labute approximate surface area is 217 Å². The van der Waals surface area contributed by atoms with Crippen molar-refractivity contribution in [1.82, 2.24) is 5.32 Å². The number of sulfonamides is 1. The topological polar surface area (TPSA) is 87.7 Å². The van der Waals surface area contributed by atoms with E-state index in [1.54, 1.807) is 36.4 Å². The Bertz CT molecular complexity index is 1340. The highest BCUT2D eigenvalue weighted by atomic mass is 32.2. The second kappa shape index (κ2) is 11.1. The molecule has 7 nitrogen and oxygen atoms in total. The maximum atomic E-state index is 13.2. The van der Waals surface area contributed by atoms with Crippen LogP contribution in [-0.2, 0) is 16.4 Å². The first kappa shape index (κ1) is 25.7. The molecule has 1 heterocycles. The lowest BCUT2D eigenvalue weighted by Gasteiger charge is -2.19. The molecule has 0 unspecified atom stereocenters. The average Bonchev–Trinajstić information content (AvgIpc) is 3.30. The van der Waals surface area contributed by atoms with Crippen molar-refractivity contribution in [3.05, 3.63) is 83.9 Å². The molecular formula is C27H29N3O4S2. The fourth-order valence-electron chi connectivity index (χ4n) is 3.85. The van der Waals surface area contributed by atoms with E-state index in [0.29, 0.717) is 42.5 Å². The minimum atomic E-state index is -3.67. The number of rotatable bonds is 8. The van der Waals surface area contributed by atoms with E-state index in [1.165, 1.54) is 16.4 Å². The van der Waals surface area contributed by atoms with Crippen molar-refractivity contribution in [3.63, 3.8) is 0 Å². The summed E-state index contributed by atoms with van der Waals surface area (Å²) in [6, 6.07) is 20.7. The van der Waals surface area contributed by atoms with Gasteiger partial charge in [-0.25, -0.2) is 8.42 Å². The molecule has 0 aliphatic carbocycles. The van der Waals surface area contributed by atoms with E-state index in [0.717, 1.165) is 17.7 Å². The smallest absolute Gasteiger partial charge is 0.264 e. The van der Waals surface area contributed by atoms with Gasteiger partial charge in [0.25, 0.3) is 15.9 Å². The van der Waals surface area contributed by atoms with Gasteiger partial charge in [-0.05, 0) is 91.1 Å². The molecule has 1 amide bonds. The van der Waals surface area contributed by atoms with Gasteiger partial charge in [0.15, 0.2) is 5.11 Å². The minimum Gasteiger partial charge on any atom is -0.494 e. The summed E-state index contributed by atoms with van der Waals surface area (Å²) in [5.41, 5.74) is 2.75. The van der Waals surface area contributed by atoms with Crippen LogP contribution in [0.4, 0.5) is 11.4 Å². The summed E-state index contributed by atoms with van der Waals surface area (Å²) >= 11 is 5.26. The Kier molecular flexibility index (Phi) is 7.91. The first-order chi connectivity index (χ1) is 17.2. The van der Waals surface area contributed by atoms with E-state index in [-0.39, 0.29) is 15.9 Å². The number of para-hydroxylation sites is 1. The van der Waals surface area contributed by atoms with Gasteiger partial charge in [-0.3, -0.25) is 14.4 Å². The molecule has 2 N–H and O–H groups in total. The standard InChI is InChI=1S/C27H29N3O4S2/c1-19(2)16-18-34-23-11-7-21(8-12-23)26(31)29-27(35)28-22-9-13-24(14-10-22)36(32,33)30-17-15-20-5-3-4-6-25(20)30/h3-14,19H,15-18H2,1-2H3,(H2,28,29,31,35). The van der Waals surface area contributed by atoms with Crippen LogP contribution < -0.4 is 19.7 Å². The highest BCUT2D eigenvalue weighted by molar-refractivity contribution is 7.92. The molecular weight excluding hydrogens is 494 g/mol. The van der Waals surface area contributed by atoms with Gasteiger partial charge in [-0.15, -0.1) is 0 Å². The number of hydrogen-bond acceptors (Lipinski definition) is 5. The van der Waals surface area contributed by atoms with Crippen LogP contribution in [0.5, 0.6) is 5.75 Å². The van der Waals surface area contributed by atoms with Crippen LogP contribution in [-0.4, -0.2) is 32.6 Å². The number of amides is 1. The summed E-state index contributed by atoms with van der Waals surface area (Å²) in [6.07, 6.45) is 1.65. The molecule has 9 heteroatoms. The fourth-order valence-corrected chi connectivity index (χ4v) is 5.56. The van der Waals surface area contributed by atoms with Crippen LogP contribution in [0.1, 0.15) is 36.2 Å². The Morgan fingerprint density at radius 3 is 2.42 bits per heavy atom. The van der Waals surface area contributed by atoms with Crippen LogP contribution in [0, 0.1) is 5.92 Å². The maximum Gasteiger partial charge on any atom is 0.264 e. The van der Waals surface area contributed by atoms with E-state index in [9.17, 15) is 13.2 Å². The first-order valence-electron chi connectivity index (χ1n) is 11.8. The summed E-state index contributed by atoms with van der Waals surface area (Å²) in [5, 5.41) is 5.67. The second-order valence-electron chi connectivity index (χ2n) is 8.94. The van der Waals surface area contributed by atoms with Crippen LogP contribution in [0.2, 0.25) is 0 Å². The molecule has 3 aromatic rings. The number of fused-ring (bicyclic) bond motifs is 1. The first-order valence-corrected chi connectivity index (χ1v) is 13.6. The number of ether oxygens (including phenoxy) is 1. The quantitative estimate of drug-likeness (QED) is 0.405. The number of nitrogens with one attached hydrogen (secondary N) is 2. The Morgan fingerprint density at radius 1 is 1.03 bits per heavy atom. The highest BCUT2D eigenvalue weighted by Gasteiger charge is 2.30. The predicted molar refractivity (Wildman–Crippen MR) is 146 cm³/mol.